The quantitative estimate of drug-likeness (QED) is 0.168. The van der Waals surface area contributed by atoms with Gasteiger partial charge in [0.15, 0.2) is 0 Å². The Hall–Kier alpha value is -6.70. The highest BCUT2D eigenvalue weighted by atomic mass is 15.1. The number of benzene rings is 10. The van der Waals surface area contributed by atoms with Crippen LogP contribution in [0.4, 0.5) is 17.1 Å². The summed E-state index contributed by atoms with van der Waals surface area (Å²) in [6.07, 6.45) is 0. The molecule has 0 amide bonds. The summed E-state index contributed by atoms with van der Waals surface area (Å²) < 4.78 is 0. The van der Waals surface area contributed by atoms with Crippen LogP contribution >= 0.6 is 0 Å². The van der Waals surface area contributed by atoms with E-state index in [0.29, 0.717) is 0 Å². The number of hydrogen-bond acceptors (Lipinski definition) is 1. The molecular weight excluding hydrogens is 615 g/mol. The smallest absolute Gasteiger partial charge is 0.0540 e. The number of nitrogens with zero attached hydrogens (tertiary/aromatic N) is 1. The molecule has 0 N–H and O–H groups in total. The van der Waals surface area contributed by atoms with Crippen molar-refractivity contribution in [1.82, 2.24) is 0 Å². The fraction of sp³-hybridized carbons (Fsp3) is 0. The monoisotopic (exact) mass is 647 g/mol. The Labute approximate surface area is 297 Å². The maximum Gasteiger partial charge on any atom is 0.0540 e. The van der Waals surface area contributed by atoms with Crippen molar-refractivity contribution in [2.75, 3.05) is 4.90 Å². The first kappa shape index (κ1) is 29.2. The van der Waals surface area contributed by atoms with E-state index in [2.05, 4.69) is 205 Å². The lowest BCUT2D eigenvalue weighted by atomic mass is 9.86. The average Bonchev–Trinajstić information content (AvgIpc) is 3.21. The zero-order valence-corrected chi connectivity index (χ0v) is 28.0. The molecule has 51 heavy (non-hydrogen) atoms. The molecule has 0 saturated heterocycles. The number of fused-ring (bicyclic) bond motifs is 7. The number of anilines is 3. The summed E-state index contributed by atoms with van der Waals surface area (Å²) in [6, 6.07) is 73.0. The number of para-hydroxylation sites is 1. The first-order chi connectivity index (χ1) is 25.3. The van der Waals surface area contributed by atoms with Gasteiger partial charge in [-0.1, -0.05) is 158 Å². The lowest BCUT2D eigenvalue weighted by Gasteiger charge is -2.27. The molecule has 0 atom stereocenters. The van der Waals surface area contributed by atoms with Crippen LogP contribution in [0.5, 0.6) is 0 Å². The van der Waals surface area contributed by atoms with Gasteiger partial charge in [0.1, 0.15) is 0 Å². The van der Waals surface area contributed by atoms with E-state index in [1.165, 1.54) is 76.1 Å². The summed E-state index contributed by atoms with van der Waals surface area (Å²) in [7, 11) is 0. The first-order valence-corrected chi connectivity index (χ1v) is 17.6. The van der Waals surface area contributed by atoms with Crippen molar-refractivity contribution in [1.29, 1.82) is 0 Å². The molecule has 0 saturated carbocycles. The highest BCUT2D eigenvalue weighted by molar-refractivity contribution is 6.26. The van der Waals surface area contributed by atoms with Crippen molar-refractivity contribution in [2.45, 2.75) is 0 Å². The van der Waals surface area contributed by atoms with E-state index >= 15 is 0 Å². The van der Waals surface area contributed by atoms with Crippen LogP contribution in [-0.2, 0) is 0 Å². The van der Waals surface area contributed by atoms with Gasteiger partial charge in [0.25, 0.3) is 0 Å². The van der Waals surface area contributed by atoms with Crippen molar-refractivity contribution >= 4 is 70.9 Å². The lowest BCUT2D eigenvalue weighted by Crippen LogP contribution is -2.10. The van der Waals surface area contributed by atoms with Crippen LogP contribution < -0.4 is 4.90 Å². The van der Waals surface area contributed by atoms with Crippen molar-refractivity contribution in [3.8, 4) is 22.3 Å². The van der Waals surface area contributed by atoms with Crippen LogP contribution in [0.1, 0.15) is 0 Å². The van der Waals surface area contributed by atoms with Gasteiger partial charge in [-0.25, -0.2) is 0 Å². The predicted molar refractivity (Wildman–Crippen MR) is 220 cm³/mol. The Morgan fingerprint density at radius 2 is 0.765 bits per heavy atom. The number of hydrogen-bond donors (Lipinski definition) is 0. The van der Waals surface area contributed by atoms with Gasteiger partial charge in [-0.3, -0.25) is 0 Å². The molecule has 0 bridgehead atoms. The van der Waals surface area contributed by atoms with Crippen molar-refractivity contribution in [3.05, 3.63) is 200 Å². The highest BCUT2D eigenvalue weighted by Crippen LogP contribution is 2.44. The molecule has 0 aliphatic carbocycles. The Bertz CT molecular complexity index is 2890. The molecule has 0 unspecified atom stereocenters. The summed E-state index contributed by atoms with van der Waals surface area (Å²) in [5, 5.41) is 12.6. The lowest BCUT2D eigenvalue weighted by molar-refractivity contribution is 1.30. The maximum atomic E-state index is 2.42. The number of rotatable bonds is 5. The Kier molecular flexibility index (Phi) is 6.89. The molecule has 10 aromatic rings. The van der Waals surface area contributed by atoms with Crippen molar-refractivity contribution in [2.24, 2.45) is 0 Å². The fourth-order valence-corrected chi connectivity index (χ4v) is 8.10. The van der Waals surface area contributed by atoms with E-state index in [-0.39, 0.29) is 0 Å². The van der Waals surface area contributed by atoms with Gasteiger partial charge in [-0.05, 0) is 113 Å². The third-order valence-corrected chi connectivity index (χ3v) is 10.4. The van der Waals surface area contributed by atoms with Crippen LogP contribution in [-0.4, -0.2) is 0 Å². The van der Waals surface area contributed by atoms with Gasteiger partial charge in [0, 0.05) is 16.8 Å². The van der Waals surface area contributed by atoms with E-state index in [1.807, 2.05) is 0 Å². The zero-order chi connectivity index (χ0) is 33.7. The molecule has 1 nitrogen and oxygen atoms in total. The predicted octanol–water partition coefficient (Wildman–Crippen LogP) is 14.3. The molecule has 0 aliphatic rings. The molecule has 0 aliphatic heterocycles. The minimum atomic E-state index is 1.12. The van der Waals surface area contributed by atoms with Crippen molar-refractivity contribution < 1.29 is 0 Å². The standard InChI is InChI=1S/C50H33N/c1-2-18-38(19-3-1)51(49-27-13-17-35-15-5-7-21-41(35)49)39-30-28-36(29-31-39)47-32-37-33-48(42-26-12-16-34-14-4-6-20-40(34)42)44-23-9-11-25-46(44)50(37)45-24-10-8-22-43(45)47/h1-33H. The van der Waals surface area contributed by atoms with Crippen LogP contribution in [0.15, 0.2) is 200 Å². The minimum Gasteiger partial charge on any atom is -0.310 e. The second-order valence-corrected chi connectivity index (χ2v) is 13.3. The molecule has 10 rings (SSSR count). The van der Waals surface area contributed by atoms with Gasteiger partial charge in [0.05, 0.1) is 5.69 Å². The van der Waals surface area contributed by atoms with Crippen LogP contribution in [0.25, 0.3) is 76.1 Å². The molecule has 0 radical (unpaired) electrons. The second-order valence-electron chi connectivity index (χ2n) is 13.3. The normalized spacial score (nSPS) is 11.5. The summed E-state index contributed by atoms with van der Waals surface area (Å²) in [5.74, 6) is 0. The van der Waals surface area contributed by atoms with E-state index in [9.17, 15) is 0 Å². The van der Waals surface area contributed by atoms with Gasteiger partial charge < -0.3 is 4.90 Å². The molecule has 10 aromatic carbocycles. The van der Waals surface area contributed by atoms with E-state index in [0.717, 1.165) is 17.1 Å². The fourth-order valence-electron chi connectivity index (χ4n) is 8.10. The Balaban J connectivity index is 1.18. The summed E-state index contributed by atoms with van der Waals surface area (Å²) in [6.45, 7) is 0. The minimum absolute atomic E-state index is 1.12. The first-order valence-electron chi connectivity index (χ1n) is 17.6. The van der Waals surface area contributed by atoms with E-state index in [4.69, 9.17) is 0 Å². The van der Waals surface area contributed by atoms with Crippen LogP contribution in [0.2, 0.25) is 0 Å². The van der Waals surface area contributed by atoms with Crippen LogP contribution in [0.3, 0.4) is 0 Å². The third kappa shape index (κ3) is 4.86. The zero-order valence-electron chi connectivity index (χ0n) is 28.0. The van der Waals surface area contributed by atoms with Crippen LogP contribution in [0, 0.1) is 0 Å². The molecular formula is C50H33N. The second kappa shape index (κ2) is 12.0. The molecule has 238 valence electrons. The summed E-state index contributed by atoms with van der Waals surface area (Å²) in [5.41, 5.74) is 8.37. The average molecular weight is 648 g/mol. The van der Waals surface area contributed by atoms with E-state index in [1.54, 1.807) is 0 Å². The molecule has 0 aromatic heterocycles. The van der Waals surface area contributed by atoms with Gasteiger partial charge in [0.2, 0.25) is 0 Å². The van der Waals surface area contributed by atoms with Gasteiger partial charge in [-0.2, -0.15) is 0 Å². The van der Waals surface area contributed by atoms with Gasteiger partial charge >= 0.3 is 0 Å². The highest BCUT2D eigenvalue weighted by Gasteiger charge is 2.18. The van der Waals surface area contributed by atoms with E-state index < -0.39 is 0 Å². The third-order valence-electron chi connectivity index (χ3n) is 10.4. The summed E-state index contributed by atoms with van der Waals surface area (Å²) in [4.78, 5) is 2.37. The molecule has 0 heterocycles. The molecule has 0 fully saturated rings. The van der Waals surface area contributed by atoms with Gasteiger partial charge in [-0.15, -0.1) is 0 Å². The Morgan fingerprint density at radius 3 is 1.47 bits per heavy atom. The largest absolute Gasteiger partial charge is 0.310 e. The summed E-state index contributed by atoms with van der Waals surface area (Å²) >= 11 is 0. The maximum absolute atomic E-state index is 2.42. The SMILES string of the molecule is c1ccc(N(c2ccc(-c3cc4cc(-c5cccc6ccccc56)c5ccccc5c4c4ccccc34)cc2)c2cccc3ccccc23)cc1. The Morgan fingerprint density at radius 1 is 0.275 bits per heavy atom. The molecule has 1 heteroatoms. The molecule has 0 spiro atoms. The van der Waals surface area contributed by atoms with Crippen molar-refractivity contribution in [3.63, 3.8) is 0 Å². The topological polar surface area (TPSA) is 3.24 Å².